The van der Waals surface area contributed by atoms with Crippen LogP contribution < -0.4 is 10.5 Å². The van der Waals surface area contributed by atoms with E-state index in [1.54, 1.807) is 0 Å². The van der Waals surface area contributed by atoms with Crippen molar-refractivity contribution in [2.24, 2.45) is 5.73 Å². The number of ether oxygens (including phenoxy) is 1. The molecule has 2 heteroatoms. The van der Waals surface area contributed by atoms with E-state index >= 15 is 0 Å². The maximum Gasteiger partial charge on any atom is 0.120 e. The molecule has 0 aliphatic carbocycles. The van der Waals surface area contributed by atoms with Crippen LogP contribution >= 0.6 is 0 Å². The summed E-state index contributed by atoms with van der Waals surface area (Å²) in [7, 11) is 0. The van der Waals surface area contributed by atoms with Crippen molar-refractivity contribution in [1.29, 1.82) is 0 Å². The molecule has 0 aliphatic rings. The van der Waals surface area contributed by atoms with Gasteiger partial charge in [0.15, 0.2) is 0 Å². The minimum atomic E-state index is -0.205. The lowest BCUT2D eigenvalue weighted by Gasteiger charge is -2.28. The van der Waals surface area contributed by atoms with E-state index in [1.165, 1.54) is 5.56 Å². The standard InChI is InChI=1S/C13H21NO/c1-10-5-7-12(8-6-10)15-13(3,4)9-11(2)14/h5-8,11H,9,14H2,1-4H3. The van der Waals surface area contributed by atoms with Crippen LogP contribution in [0.4, 0.5) is 0 Å². The second-order valence-corrected chi connectivity index (χ2v) is 4.86. The van der Waals surface area contributed by atoms with Crippen LogP contribution in [0.3, 0.4) is 0 Å². The summed E-state index contributed by atoms with van der Waals surface area (Å²) < 4.78 is 5.89. The molecule has 0 bridgehead atoms. The largest absolute Gasteiger partial charge is 0.488 e. The Hall–Kier alpha value is -1.02. The molecule has 0 fully saturated rings. The molecule has 1 unspecified atom stereocenters. The van der Waals surface area contributed by atoms with E-state index in [1.807, 2.05) is 19.1 Å². The second-order valence-electron chi connectivity index (χ2n) is 4.86. The van der Waals surface area contributed by atoms with Gasteiger partial charge in [-0.2, -0.15) is 0 Å². The number of rotatable bonds is 4. The lowest BCUT2D eigenvalue weighted by molar-refractivity contribution is 0.0933. The van der Waals surface area contributed by atoms with E-state index in [9.17, 15) is 0 Å². The molecular weight excluding hydrogens is 186 g/mol. The third kappa shape index (κ3) is 4.34. The summed E-state index contributed by atoms with van der Waals surface area (Å²) in [6.45, 7) is 8.20. The number of benzene rings is 1. The summed E-state index contributed by atoms with van der Waals surface area (Å²) in [6.07, 6.45) is 0.848. The molecule has 0 amide bonds. The molecule has 1 rings (SSSR count). The molecule has 1 aromatic rings. The first-order valence-electron chi connectivity index (χ1n) is 5.40. The Kier molecular flexibility index (Phi) is 3.75. The monoisotopic (exact) mass is 207 g/mol. The van der Waals surface area contributed by atoms with Crippen molar-refractivity contribution < 1.29 is 4.74 Å². The van der Waals surface area contributed by atoms with E-state index < -0.39 is 0 Å². The molecule has 1 aromatic carbocycles. The van der Waals surface area contributed by atoms with Gasteiger partial charge in [-0.1, -0.05) is 17.7 Å². The van der Waals surface area contributed by atoms with Crippen molar-refractivity contribution in [1.82, 2.24) is 0 Å². The molecule has 1 atom stereocenters. The van der Waals surface area contributed by atoms with Gasteiger partial charge in [-0.15, -0.1) is 0 Å². The lowest BCUT2D eigenvalue weighted by Crippen LogP contribution is -2.35. The third-order valence-corrected chi connectivity index (χ3v) is 2.23. The van der Waals surface area contributed by atoms with Gasteiger partial charge in [0.25, 0.3) is 0 Å². The molecular formula is C13H21NO. The van der Waals surface area contributed by atoms with Crippen molar-refractivity contribution >= 4 is 0 Å². The molecule has 0 saturated carbocycles. The van der Waals surface area contributed by atoms with Crippen molar-refractivity contribution in [2.75, 3.05) is 0 Å². The van der Waals surface area contributed by atoms with Crippen LogP contribution in [0.2, 0.25) is 0 Å². The van der Waals surface area contributed by atoms with Gasteiger partial charge in [0.2, 0.25) is 0 Å². The fourth-order valence-corrected chi connectivity index (χ4v) is 1.74. The van der Waals surface area contributed by atoms with Crippen molar-refractivity contribution in [3.05, 3.63) is 29.8 Å². The van der Waals surface area contributed by atoms with Gasteiger partial charge in [-0.05, 0) is 39.8 Å². The van der Waals surface area contributed by atoms with E-state index in [4.69, 9.17) is 10.5 Å². The zero-order valence-electron chi connectivity index (χ0n) is 10.1. The van der Waals surface area contributed by atoms with Gasteiger partial charge in [0, 0.05) is 12.5 Å². The summed E-state index contributed by atoms with van der Waals surface area (Å²) in [5.74, 6) is 0.909. The molecule has 15 heavy (non-hydrogen) atoms. The first-order valence-corrected chi connectivity index (χ1v) is 5.40. The third-order valence-electron chi connectivity index (χ3n) is 2.23. The van der Waals surface area contributed by atoms with Crippen molar-refractivity contribution in [3.63, 3.8) is 0 Å². The predicted octanol–water partition coefficient (Wildman–Crippen LogP) is 2.89. The minimum absolute atomic E-state index is 0.158. The summed E-state index contributed by atoms with van der Waals surface area (Å²) in [4.78, 5) is 0. The molecule has 0 saturated heterocycles. The molecule has 2 nitrogen and oxygen atoms in total. The number of hydrogen-bond acceptors (Lipinski definition) is 2. The van der Waals surface area contributed by atoms with Crippen LogP contribution in [0.25, 0.3) is 0 Å². The molecule has 2 N–H and O–H groups in total. The van der Waals surface area contributed by atoms with E-state index in [0.717, 1.165) is 12.2 Å². The topological polar surface area (TPSA) is 35.2 Å². The quantitative estimate of drug-likeness (QED) is 0.824. The summed E-state index contributed by atoms with van der Waals surface area (Å²) in [5.41, 5.74) is 6.81. The highest BCUT2D eigenvalue weighted by atomic mass is 16.5. The molecule has 0 aliphatic heterocycles. The second kappa shape index (κ2) is 4.67. The number of aryl methyl sites for hydroxylation is 1. The average molecular weight is 207 g/mol. The normalized spacial score (nSPS) is 13.7. The van der Waals surface area contributed by atoms with E-state index in [-0.39, 0.29) is 11.6 Å². The fourth-order valence-electron chi connectivity index (χ4n) is 1.74. The zero-order chi connectivity index (χ0) is 11.5. The molecule has 84 valence electrons. The summed E-state index contributed by atoms with van der Waals surface area (Å²) >= 11 is 0. The first kappa shape index (κ1) is 12.1. The van der Waals surface area contributed by atoms with Gasteiger partial charge in [-0.3, -0.25) is 0 Å². The molecule has 0 heterocycles. The average Bonchev–Trinajstić information content (AvgIpc) is 2.06. The van der Waals surface area contributed by atoms with Crippen molar-refractivity contribution in [3.8, 4) is 5.75 Å². The summed E-state index contributed by atoms with van der Waals surface area (Å²) in [5, 5.41) is 0. The Morgan fingerprint density at radius 1 is 1.27 bits per heavy atom. The van der Waals surface area contributed by atoms with Gasteiger partial charge >= 0.3 is 0 Å². The molecule has 0 aromatic heterocycles. The molecule has 0 spiro atoms. The highest BCUT2D eigenvalue weighted by Gasteiger charge is 2.21. The van der Waals surface area contributed by atoms with Crippen molar-refractivity contribution in [2.45, 2.75) is 45.8 Å². The lowest BCUT2D eigenvalue weighted by atomic mass is 10.0. The smallest absolute Gasteiger partial charge is 0.120 e. The van der Waals surface area contributed by atoms with E-state index in [0.29, 0.717) is 0 Å². The van der Waals surface area contributed by atoms with Gasteiger partial charge < -0.3 is 10.5 Å². The van der Waals surface area contributed by atoms with Crippen LogP contribution in [0.15, 0.2) is 24.3 Å². The Morgan fingerprint density at radius 3 is 2.27 bits per heavy atom. The van der Waals surface area contributed by atoms with Gasteiger partial charge in [0.05, 0.1) is 0 Å². The Morgan fingerprint density at radius 2 is 1.80 bits per heavy atom. The Bertz CT molecular complexity index is 301. The highest BCUT2D eigenvalue weighted by molar-refractivity contribution is 5.26. The van der Waals surface area contributed by atoms with E-state index in [2.05, 4.69) is 32.9 Å². The van der Waals surface area contributed by atoms with Crippen LogP contribution in [-0.2, 0) is 0 Å². The number of hydrogen-bond donors (Lipinski definition) is 1. The maximum atomic E-state index is 5.89. The minimum Gasteiger partial charge on any atom is -0.488 e. The van der Waals surface area contributed by atoms with Crippen LogP contribution in [0.1, 0.15) is 32.8 Å². The van der Waals surface area contributed by atoms with Crippen LogP contribution in [0, 0.1) is 6.92 Å². The fraction of sp³-hybridized carbons (Fsp3) is 0.538. The van der Waals surface area contributed by atoms with Gasteiger partial charge in [-0.25, -0.2) is 0 Å². The Labute approximate surface area is 92.4 Å². The van der Waals surface area contributed by atoms with Gasteiger partial charge in [0.1, 0.15) is 11.4 Å². The molecule has 0 radical (unpaired) electrons. The highest BCUT2D eigenvalue weighted by Crippen LogP contribution is 2.22. The SMILES string of the molecule is Cc1ccc(OC(C)(C)CC(C)N)cc1. The first-order chi connectivity index (χ1) is 6.89. The predicted molar refractivity (Wildman–Crippen MR) is 64.2 cm³/mol. The maximum absolute atomic E-state index is 5.89. The zero-order valence-corrected chi connectivity index (χ0v) is 10.1. The summed E-state index contributed by atoms with van der Waals surface area (Å²) in [6, 6.07) is 8.26. The Balaban J connectivity index is 2.64. The van der Waals surface area contributed by atoms with Crippen LogP contribution in [0.5, 0.6) is 5.75 Å². The number of nitrogens with two attached hydrogens (primary N) is 1. The van der Waals surface area contributed by atoms with Crippen LogP contribution in [-0.4, -0.2) is 11.6 Å².